The standard InChI is InChI=1S/C17H28N6/c1-7-18-17(22(5)12-15-9-8-10-21(15)4)19-11-16-13(2)20-23(6)14(16)3/h8-10H,7,11-12H2,1-6H3,(H,18,19). The van der Waals surface area contributed by atoms with Gasteiger partial charge in [0.25, 0.3) is 0 Å². The highest BCUT2D eigenvalue weighted by atomic mass is 15.3. The molecule has 1 N–H and O–H groups in total. The summed E-state index contributed by atoms with van der Waals surface area (Å²) in [4.78, 5) is 6.95. The van der Waals surface area contributed by atoms with E-state index in [4.69, 9.17) is 4.99 Å². The Morgan fingerprint density at radius 1 is 1.35 bits per heavy atom. The topological polar surface area (TPSA) is 50.4 Å². The molecule has 0 aliphatic rings. The van der Waals surface area contributed by atoms with Crippen molar-refractivity contribution in [2.24, 2.45) is 19.1 Å². The van der Waals surface area contributed by atoms with Crippen LogP contribution in [0, 0.1) is 13.8 Å². The van der Waals surface area contributed by atoms with Crippen LogP contribution in [0.15, 0.2) is 23.3 Å². The van der Waals surface area contributed by atoms with Crippen molar-refractivity contribution in [3.63, 3.8) is 0 Å². The molecule has 0 radical (unpaired) electrons. The first kappa shape index (κ1) is 17.1. The highest BCUT2D eigenvalue weighted by Gasteiger charge is 2.11. The fourth-order valence-corrected chi connectivity index (χ4v) is 2.65. The summed E-state index contributed by atoms with van der Waals surface area (Å²) in [6.07, 6.45) is 2.07. The van der Waals surface area contributed by atoms with Crippen molar-refractivity contribution in [1.82, 2.24) is 24.6 Å². The fraction of sp³-hybridized carbons (Fsp3) is 0.529. The maximum atomic E-state index is 4.80. The van der Waals surface area contributed by atoms with Gasteiger partial charge in [-0.05, 0) is 32.9 Å². The Morgan fingerprint density at radius 2 is 2.09 bits per heavy atom. The molecule has 2 aromatic heterocycles. The number of aromatic nitrogens is 3. The van der Waals surface area contributed by atoms with Gasteiger partial charge in [-0.1, -0.05) is 0 Å². The van der Waals surface area contributed by atoms with E-state index in [-0.39, 0.29) is 0 Å². The number of rotatable bonds is 5. The van der Waals surface area contributed by atoms with Crippen LogP contribution in [0.5, 0.6) is 0 Å². The molecule has 6 heteroatoms. The average Bonchev–Trinajstić information content (AvgIpc) is 3.00. The first-order chi connectivity index (χ1) is 10.9. The van der Waals surface area contributed by atoms with Gasteiger partial charge in [-0.2, -0.15) is 5.10 Å². The minimum absolute atomic E-state index is 0.644. The average molecular weight is 316 g/mol. The summed E-state index contributed by atoms with van der Waals surface area (Å²) in [6.45, 7) is 8.53. The summed E-state index contributed by atoms with van der Waals surface area (Å²) in [7, 11) is 6.11. The molecule has 2 heterocycles. The minimum atomic E-state index is 0.644. The molecule has 0 saturated carbocycles. The van der Waals surface area contributed by atoms with Crippen LogP contribution in [0.4, 0.5) is 0 Å². The van der Waals surface area contributed by atoms with Crippen LogP contribution in [0.2, 0.25) is 0 Å². The molecule has 0 fully saturated rings. The quantitative estimate of drug-likeness (QED) is 0.678. The van der Waals surface area contributed by atoms with Gasteiger partial charge in [0.2, 0.25) is 0 Å². The first-order valence-corrected chi connectivity index (χ1v) is 8.02. The molecular weight excluding hydrogens is 288 g/mol. The summed E-state index contributed by atoms with van der Waals surface area (Å²) in [5.74, 6) is 0.913. The lowest BCUT2D eigenvalue weighted by Gasteiger charge is -2.22. The van der Waals surface area contributed by atoms with Gasteiger partial charge in [0.1, 0.15) is 0 Å². The van der Waals surface area contributed by atoms with Crippen molar-refractivity contribution < 1.29 is 0 Å². The van der Waals surface area contributed by atoms with E-state index in [0.29, 0.717) is 6.54 Å². The highest BCUT2D eigenvalue weighted by Crippen LogP contribution is 2.13. The minimum Gasteiger partial charge on any atom is -0.357 e. The molecule has 2 aromatic rings. The summed E-state index contributed by atoms with van der Waals surface area (Å²) in [5, 5.41) is 7.83. The van der Waals surface area contributed by atoms with Gasteiger partial charge in [0.15, 0.2) is 5.96 Å². The van der Waals surface area contributed by atoms with E-state index in [1.165, 1.54) is 17.0 Å². The Kier molecular flexibility index (Phi) is 5.47. The molecule has 0 aliphatic carbocycles. The van der Waals surface area contributed by atoms with Crippen LogP contribution < -0.4 is 5.32 Å². The molecule has 2 rings (SSSR count). The van der Waals surface area contributed by atoms with Crippen molar-refractivity contribution in [3.8, 4) is 0 Å². The van der Waals surface area contributed by atoms with E-state index < -0.39 is 0 Å². The van der Waals surface area contributed by atoms with E-state index >= 15 is 0 Å². The molecule has 0 aromatic carbocycles. The third-order valence-corrected chi connectivity index (χ3v) is 4.19. The van der Waals surface area contributed by atoms with E-state index in [0.717, 1.165) is 24.7 Å². The Hall–Kier alpha value is -2.24. The molecular formula is C17H28N6. The van der Waals surface area contributed by atoms with Gasteiger partial charge < -0.3 is 14.8 Å². The summed E-state index contributed by atoms with van der Waals surface area (Å²) in [6, 6.07) is 4.20. The number of nitrogens with one attached hydrogen (secondary N) is 1. The number of nitrogens with zero attached hydrogens (tertiary/aromatic N) is 5. The van der Waals surface area contributed by atoms with Gasteiger partial charge in [0.05, 0.1) is 18.8 Å². The second-order valence-corrected chi connectivity index (χ2v) is 5.91. The summed E-state index contributed by atoms with van der Waals surface area (Å²) >= 11 is 0. The maximum absolute atomic E-state index is 4.80. The molecule has 0 unspecified atom stereocenters. The van der Waals surface area contributed by atoms with Crippen LogP contribution in [-0.2, 0) is 27.2 Å². The van der Waals surface area contributed by atoms with E-state index in [9.17, 15) is 0 Å². The maximum Gasteiger partial charge on any atom is 0.194 e. The van der Waals surface area contributed by atoms with Crippen molar-refractivity contribution in [3.05, 3.63) is 41.0 Å². The van der Waals surface area contributed by atoms with E-state index in [1.807, 2.05) is 18.7 Å². The molecule has 0 spiro atoms. The summed E-state index contributed by atoms with van der Waals surface area (Å²) in [5.41, 5.74) is 4.68. The number of hydrogen-bond donors (Lipinski definition) is 1. The highest BCUT2D eigenvalue weighted by molar-refractivity contribution is 5.79. The van der Waals surface area contributed by atoms with E-state index in [2.05, 4.69) is 66.2 Å². The fourth-order valence-electron chi connectivity index (χ4n) is 2.65. The zero-order valence-electron chi connectivity index (χ0n) is 15.1. The number of guanidine groups is 1. The SMILES string of the molecule is CCNC(=NCc1c(C)nn(C)c1C)N(C)Cc1cccn1C. The van der Waals surface area contributed by atoms with Crippen molar-refractivity contribution in [2.75, 3.05) is 13.6 Å². The van der Waals surface area contributed by atoms with Crippen molar-refractivity contribution in [1.29, 1.82) is 0 Å². The lowest BCUT2D eigenvalue weighted by Crippen LogP contribution is -2.38. The second-order valence-electron chi connectivity index (χ2n) is 5.91. The second kappa shape index (κ2) is 7.35. The van der Waals surface area contributed by atoms with Gasteiger partial charge in [-0.3, -0.25) is 4.68 Å². The predicted octanol–water partition coefficient (Wildman–Crippen LogP) is 1.97. The molecule has 0 saturated heterocycles. The van der Waals surface area contributed by atoms with Gasteiger partial charge >= 0.3 is 0 Å². The zero-order chi connectivity index (χ0) is 17.0. The number of aliphatic imine (C=N–C) groups is 1. The zero-order valence-corrected chi connectivity index (χ0v) is 15.1. The largest absolute Gasteiger partial charge is 0.357 e. The van der Waals surface area contributed by atoms with Gasteiger partial charge in [0, 0.05) is 50.8 Å². The Labute approximate surface area is 138 Å². The molecule has 0 bridgehead atoms. The smallest absolute Gasteiger partial charge is 0.194 e. The van der Waals surface area contributed by atoms with Crippen LogP contribution in [0.3, 0.4) is 0 Å². The molecule has 0 aliphatic heterocycles. The monoisotopic (exact) mass is 316 g/mol. The van der Waals surface area contributed by atoms with Crippen LogP contribution >= 0.6 is 0 Å². The van der Waals surface area contributed by atoms with Crippen LogP contribution in [-0.4, -0.2) is 38.8 Å². The third-order valence-electron chi connectivity index (χ3n) is 4.19. The molecule has 6 nitrogen and oxygen atoms in total. The first-order valence-electron chi connectivity index (χ1n) is 8.02. The number of aryl methyl sites for hydroxylation is 3. The molecule has 126 valence electrons. The lowest BCUT2D eigenvalue weighted by atomic mass is 10.2. The predicted molar refractivity (Wildman–Crippen MR) is 94.4 cm³/mol. The Bertz CT molecular complexity index is 679. The Balaban J connectivity index is 2.15. The third kappa shape index (κ3) is 3.94. The normalized spacial score (nSPS) is 11.8. The van der Waals surface area contributed by atoms with Gasteiger partial charge in [-0.25, -0.2) is 4.99 Å². The summed E-state index contributed by atoms with van der Waals surface area (Å²) < 4.78 is 4.05. The molecule has 23 heavy (non-hydrogen) atoms. The molecule has 0 atom stereocenters. The molecule has 0 amide bonds. The van der Waals surface area contributed by atoms with Crippen molar-refractivity contribution >= 4 is 5.96 Å². The number of hydrogen-bond acceptors (Lipinski definition) is 2. The van der Waals surface area contributed by atoms with Crippen LogP contribution in [0.1, 0.15) is 29.6 Å². The van der Waals surface area contributed by atoms with E-state index in [1.54, 1.807) is 0 Å². The lowest BCUT2D eigenvalue weighted by molar-refractivity contribution is 0.462. The Morgan fingerprint density at radius 3 is 2.61 bits per heavy atom. The van der Waals surface area contributed by atoms with Crippen molar-refractivity contribution in [2.45, 2.75) is 33.9 Å². The van der Waals surface area contributed by atoms with Crippen LogP contribution in [0.25, 0.3) is 0 Å². The van der Waals surface area contributed by atoms with Gasteiger partial charge in [-0.15, -0.1) is 0 Å².